The van der Waals surface area contributed by atoms with Crippen LogP contribution in [0.25, 0.3) is 0 Å². The molecule has 6 rings (SSSR count). The second-order valence-electron chi connectivity index (χ2n) is 8.78. The Balaban J connectivity index is 1.42. The zero-order valence-corrected chi connectivity index (χ0v) is 19.8. The molecule has 1 N–H and O–H groups in total. The van der Waals surface area contributed by atoms with Crippen LogP contribution in [0.1, 0.15) is 41.2 Å². The molecule has 160 valence electrons. The van der Waals surface area contributed by atoms with Crippen molar-refractivity contribution in [3.63, 3.8) is 0 Å². The highest BCUT2D eigenvalue weighted by atomic mass is 35.5. The molecule has 5 atom stereocenters. The van der Waals surface area contributed by atoms with Gasteiger partial charge in [-0.2, -0.15) is 0 Å². The van der Waals surface area contributed by atoms with E-state index in [-0.39, 0.29) is 10.8 Å². The monoisotopic (exact) mass is 489 g/mol. The Bertz CT molecular complexity index is 1210. The molecule has 1 aromatic heterocycles. The van der Waals surface area contributed by atoms with Crippen LogP contribution in [0.2, 0.25) is 10.0 Å². The standard InChI is InChI=1S/C24H21Cl2NO2S2/c25-15-3-1-2-12(8-15)11-29-18-7-6-16(26)10-17(18)20-19-13-4-5-14(9-13)21(19)30-23-22(20)31-24(28)27-23/h1-3,6-8,10,13-14,19-21H,4-5,9,11H2,(H,27,28)/t13?,14?,19?,20-,21?/m1/s1. The molecule has 2 aromatic carbocycles. The van der Waals surface area contributed by atoms with E-state index in [1.165, 1.54) is 30.6 Å². The van der Waals surface area contributed by atoms with Gasteiger partial charge in [-0.1, -0.05) is 46.7 Å². The summed E-state index contributed by atoms with van der Waals surface area (Å²) in [5.41, 5.74) is 2.13. The van der Waals surface area contributed by atoms with E-state index in [1.807, 2.05) is 54.2 Å². The fourth-order valence-corrected chi connectivity index (χ4v) is 9.16. The predicted octanol–water partition coefficient (Wildman–Crippen LogP) is 6.97. The molecule has 3 nitrogen and oxygen atoms in total. The lowest BCUT2D eigenvalue weighted by Crippen LogP contribution is -2.33. The Morgan fingerprint density at radius 3 is 2.77 bits per heavy atom. The van der Waals surface area contributed by atoms with Gasteiger partial charge >= 0.3 is 4.87 Å². The smallest absolute Gasteiger partial charge is 0.305 e. The van der Waals surface area contributed by atoms with Crippen molar-refractivity contribution >= 4 is 46.3 Å². The molecule has 7 heteroatoms. The van der Waals surface area contributed by atoms with E-state index >= 15 is 0 Å². The molecule has 2 aliphatic carbocycles. The fraction of sp³-hybridized carbons (Fsp3) is 0.375. The second kappa shape index (κ2) is 7.87. The van der Waals surface area contributed by atoms with Crippen molar-refractivity contribution in [2.75, 3.05) is 0 Å². The van der Waals surface area contributed by atoms with Gasteiger partial charge in [0, 0.05) is 31.7 Å². The largest absolute Gasteiger partial charge is 0.489 e. The normalized spacial score (nSPS) is 28.4. The topological polar surface area (TPSA) is 42.1 Å². The average Bonchev–Trinajstić information content (AvgIpc) is 3.45. The van der Waals surface area contributed by atoms with Crippen LogP contribution in [0.15, 0.2) is 52.3 Å². The van der Waals surface area contributed by atoms with Gasteiger partial charge in [-0.15, -0.1) is 11.8 Å². The van der Waals surface area contributed by atoms with E-state index in [4.69, 9.17) is 27.9 Å². The van der Waals surface area contributed by atoms with Gasteiger partial charge in [0.1, 0.15) is 12.4 Å². The van der Waals surface area contributed by atoms with Crippen LogP contribution in [0, 0.1) is 17.8 Å². The Morgan fingerprint density at radius 1 is 1.06 bits per heavy atom. The van der Waals surface area contributed by atoms with Crippen LogP contribution in [0.5, 0.6) is 5.75 Å². The molecule has 31 heavy (non-hydrogen) atoms. The third kappa shape index (κ3) is 3.54. The Morgan fingerprint density at radius 2 is 1.90 bits per heavy atom. The average molecular weight is 490 g/mol. The number of hydrogen-bond donors (Lipinski definition) is 1. The van der Waals surface area contributed by atoms with Gasteiger partial charge in [0.2, 0.25) is 0 Å². The predicted molar refractivity (Wildman–Crippen MR) is 128 cm³/mol. The third-order valence-electron chi connectivity index (χ3n) is 7.06. The van der Waals surface area contributed by atoms with Crippen molar-refractivity contribution in [3.05, 3.63) is 78.2 Å². The van der Waals surface area contributed by atoms with E-state index in [9.17, 15) is 4.79 Å². The molecule has 2 bridgehead atoms. The minimum Gasteiger partial charge on any atom is -0.489 e. The SMILES string of the molecule is O=c1[nH]c2c(s1)[C@H](c1cc(Cl)ccc1OCc1cccc(Cl)c1)C1C3CCC(C3)C1S2. The summed E-state index contributed by atoms with van der Waals surface area (Å²) in [5.74, 6) is 2.96. The second-order valence-corrected chi connectivity index (χ2v) is 11.9. The molecule has 0 amide bonds. The van der Waals surface area contributed by atoms with Gasteiger partial charge < -0.3 is 9.72 Å². The van der Waals surface area contributed by atoms with Gasteiger partial charge in [0.25, 0.3) is 0 Å². The number of nitrogens with one attached hydrogen (secondary N) is 1. The number of thiazole rings is 1. The quantitative estimate of drug-likeness (QED) is 0.429. The maximum atomic E-state index is 12.3. The van der Waals surface area contributed by atoms with E-state index in [0.29, 0.717) is 33.7 Å². The molecule has 2 fully saturated rings. The zero-order valence-electron chi connectivity index (χ0n) is 16.6. The Kier molecular flexibility index (Phi) is 5.14. The molecular formula is C24H21Cl2NO2S2. The first kappa shape index (κ1) is 20.2. The van der Waals surface area contributed by atoms with Crippen molar-refractivity contribution in [2.45, 2.75) is 42.1 Å². The summed E-state index contributed by atoms with van der Waals surface area (Å²) in [7, 11) is 0. The number of aromatic amines is 1. The number of halogens is 2. The van der Waals surface area contributed by atoms with E-state index in [1.54, 1.807) is 0 Å². The summed E-state index contributed by atoms with van der Waals surface area (Å²) in [6.45, 7) is 0.438. The Labute approximate surface area is 199 Å². The zero-order chi connectivity index (χ0) is 21.1. The molecule has 4 unspecified atom stereocenters. The Hall–Kier alpha value is -1.40. The van der Waals surface area contributed by atoms with Crippen LogP contribution in [0.4, 0.5) is 0 Å². The number of ether oxygens (including phenoxy) is 1. The minimum atomic E-state index is 0.0262. The number of hydrogen-bond acceptors (Lipinski definition) is 4. The fourth-order valence-electron chi connectivity index (χ4n) is 5.88. The highest BCUT2D eigenvalue weighted by molar-refractivity contribution is 8.00. The van der Waals surface area contributed by atoms with Gasteiger partial charge in [0.05, 0.1) is 5.03 Å². The number of benzene rings is 2. The molecule has 3 aromatic rings. The van der Waals surface area contributed by atoms with E-state index < -0.39 is 0 Å². The van der Waals surface area contributed by atoms with Crippen molar-refractivity contribution in [1.82, 2.24) is 4.98 Å². The molecule has 1 aliphatic heterocycles. The highest BCUT2D eigenvalue weighted by Gasteiger charge is 2.55. The minimum absolute atomic E-state index is 0.0262. The number of H-pyrrole nitrogens is 1. The first-order valence-corrected chi connectivity index (χ1v) is 13.1. The number of fused-ring (bicyclic) bond motifs is 6. The van der Waals surface area contributed by atoms with Gasteiger partial charge in [-0.3, -0.25) is 4.79 Å². The summed E-state index contributed by atoms with van der Waals surface area (Å²) < 4.78 is 6.33. The number of thioether (sulfide) groups is 1. The molecule has 0 spiro atoms. The van der Waals surface area contributed by atoms with Gasteiger partial charge in [0.15, 0.2) is 0 Å². The van der Waals surface area contributed by atoms with Gasteiger partial charge in [-0.05, 0) is 72.9 Å². The summed E-state index contributed by atoms with van der Waals surface area (Å²) in [4.78, 5) is 16.6. The van der Waals surface area contributed by atoms with E-state index in [2.05, 4.69) is 4.98 Å². The van der Waals surface area contributed by atoms with Crippen molar-refractivity contribution in [2.24, 2.45) is 17.8 Å². The van der Waals surface area contributed by atoms with E-state index in [0.717, 1.165) is 32.7 Å². The van der Waals surface area contributed by atoms with Crippen molar-refractivity contribution < 1.29 is 4.74 Å². The molecule has 3 aliphatic rings. The summed E-state index contributed by atoms with van der Waals surface area (Å²) in [6, 6.07) is 13.6. The number of aromatic nitrogens is 1. The van der Waals surface area contributed by atoms with Gasteiger partial charge in [-0.25, -0.2) is 0 Å². The lowest BCUT2D eigenvalue weighted by Gasteiger charge is -2.40. The summed E-state index contributed by atoms with van der Waals surface area (Å²) in [6.07, 6.45) is 3.90. The molecule has 2 saturated carbocycles. The number of rotatable bonds is 4. The van der Waals surface area contributed by atoms with Crippen molar-refractivity contribution in [3.8, 4) is 5.75 Å². The molecule has 0 radical (unpaired) electrons. The van der Waals surface area contributed by atoms with Crippen LogP contribution in [-0.2, 0) is 6.61 Å². The third-order valence-corrected chi connectivity index (χ3v) is 10.1. The van der Waals surface area contributed by atoms with Crippen LogP contribution < -0.4 is 9.61 Å². The lowest BCUT2D eigenvalue weighted by atomic mass is 9.74. The van der Waals surface area contributed by atoms with Crippen molar-refractivity contribution in [1.29, 1.82) is 0 Å². The summed E-state index contributed by atoms with van der Waals surface area (Å²) in [5, 5.41) is 3.01. The maximum Gasteiger partial charge on any atom is 0.305 e. The lowest BCUT2D eigenvalue weighted by molar-refractivity contribution is 0.280. The molecule has 0 saturated heterocycles. The van der Waals surface area contributed by atoms with Crippen LogP contribution >= 0.6 is 46.3 Å². The molecule has 2 heterocycles. The van der Waals surface area contributed by atoms with Crippen LogP contribution in [0.3, 0.4) is 0 Å². The maximum absolute atomic E-state index is 12.3. The first-order valence-electron chi connectivity index (χ1n) is 10.6. The molecular weight excluding hydrogens is 469 g/mol. The highest BCUT2D eigenvalue weighted by Crippen LogP contribution is 2.64. The summed E-state index contributed by atoms with van der Waals surface area (Å²) >= 11 is 15.9. The van der Waals surface area contributed by atoms with Crippen LogP contribution in [-0.4, -0.2) is 10.2 Å². The first-order chi connectivity index (χ1) is 15.1.